The lowest BCUT2D eigenvalue weighted by Gasteiger charge is -2.07. The lowest BCUT2D eigenvalue weighted by molar-refractivity contribution is -0.144. The van der Waals surface area contributed by atoms with E-state index < -0.39 is 5.97 Å². The van der Waals surface area contributed by atoms with E-state index in [4.69, 9.17) is 4.74 Å². The van der Waals surface area contributed by atoms with Gasteiger partial charge in [0, 0.05) is 24.1 Å². The van der Waals surface area contributed by atoms with E-state index >= 15 is 0 Å². The van der Waals surface area contributed by atoms with E-state index in [0.717, 1.165) is 4.57 Å². The molecule has 0 atom stereocenters. The zero-order chi connectivity index (χ0) is 16.3. The summed E-state index contributed by atoms with van der Waals surface area (Å²) < 4.78 is 5.78. The third-order valence-corrected chi connectivity index (χ3v) is 3.17. The number of hydrogen-bond donors (Lipinski definition) is 4. The molecule has 1 aromatic heterocycles. The Morgan fingerprint density at radius 1 is 1.14 bits per heavy atom. The van der Waals surface area contributed by atoms with Crippen molar-refractivity contribution in [3.63, 3.8) is 0 Å². The molecule has 0 saturated heterocycles. The van der Waals surface area contributed by atoms with Gasteiger partial charge in [0.2, 0.25) is 0 Å². The number of esters is 1. The fraction of sp³-hybridized carbons (Fsp3) is 0.267. The van der Waals surface area contributed by atoms with Gasteiger partial charge in [-0.2, -0.15) is 0 Å². The molecule has 0 aliphatic rings. The Hall–Kier alpha value is -2.83. The van der Waals surface area contributed by atoms with Gasteiger partial charge in [0.25, 0.3) is 0 Å². The minimum Gasteiger partial charge on any atom is -0.508 e. The van der Waals surface area contributed by atoms with E-state index in [-0.39, 0.29) is 42.8 Å². The average molecular weight is 307 g/mol. The number of carbonyl (C=O) groups is 1. The molecule has 0 unspecified atom stereocenters. The summed E-state index contributed by atoms with van der Waals surface area (Å²) in [6.45, 7) is 1.55. The molecule has 1 heterocycles. The normalized spacial score (nSPS) is 10.6. The van der Waals surface area contributed by atoms with Crippen LogP contribution in [-0.4, -0.2) is 37.6 Å². The Morgan fingerprint density at radius 2 is 1.86 bits per heavy atom. The maximum Gasteiger partial charge on any atom is 0.326 e. The van der Waals surface area contributed by atoms with Crippen LogP contribution in [0.15, 0.2) is 24.3 Å². The second-order valence-corrected chi connectivity index (χ2v) is 4.73. The quantitative estimate of drug-likeness (QED) is 0.622. The standard InChI is InChI=1S/C15H17NO6/c1-2-22-14(20)8-16-13(19)6-10(15(16)21)5-9-3-4-11(17)7-12(9)18/h3-4,6-7,17-19,21H,2,5,8H2,1H3. The number of aromatic nitrogens is 1. The summed E-state index contributed by atoms with van der Waals surface area (Å²) in [5.74, 6) is -1.34. The molecular weight excluding hydrogens is 290 g/mol. The molecule has 2 rings (SSSR count). The Balaban J connectivity index is 2.24. The number of phenols is 2. The van der Waals surface area contributed by atoms with Gasteiger partial charge in [0.05, 0.1) is 6.61 Å². The fourth-order valence-electron chi connectivity index (χ4n) is 2.11. The Kier molecular flexibility index (Phi) is 4.45. The topological polar surface area (TPSA) is 112 Å². The Labute approximate surface area is 126 Å². The predicted octanol–water partition coefficient (Wildman–Crippen LogP) is 1.46. The van der Waals surface area contributed by atoms with Crippen molar-refractivity contribution < 1.29 is 30.0 Å². The van der Waals surface area contributed by atoms with Crippen LogP contribution in [0.4, 0.5) is 0 Å². The zero-order valence-electron chi connectivity index (χ0n) is 12.0. The first-order valence-corrected chi connectivity index (χ1v) is 6.69. The molecule has 0 fully saturated rings. The van der Waals surface area contributed by atoms with E-state index in [1.165, 1.54) is 24.3 Å². The summed E-state index contributed by atoms with van der Waals surface area (Å²) in [6, 6.07) is 5.40. The fourth-order valence-corrected chi connectivity index (χ4v) is 2.11. The van der Waals surface area contributed by atoms with E-state index in [9.17, 15) is 25.2 Å². The van der Waals surface area contributed by atoms with Crippen LogP contribution in [0, 0.1) is 0 Å². The van der Waals surface area contributed by atoms with Crippen molar-refractivity contribution in [3.8, 4) is 23.3 Å². The van der Waals surface area contributed by atoms with Crippen LogP contribution in [0.1, 0.15) is 18.1 Å². The summed E-state index contributed by atoms with van der Waals surface area (Å²) in [6.07, 6.45) is 0.126. The first kappa shape index (κ1) is 15.6. The SMILES string of the molecule is CCOC(=O)Cn1c(O)cc(Cc2ccc(O)cc2O)c1O. The summed E-state index contributed by atoms with van der Waals surface area (Å²) in [5, 5.41) is 38.9. The molecule has 7 heteroatoms. The molecule has 0 amide bonds. The molecular formula is C15H17NO6. The number of rotatable bonds is 5. The molecule has 0 bridgehead atoms. The lowest BCUT2D eigenvalue weighted by atomic mass is 10.1. The van der Waals surface area contributed by atoms with Gasteiger partial charge in [0.15, 0.2) is 11.8 Å². The highest BCUT2D eigenvalue weighted by molar-refractivity contribution is 5.70. The Bertz CT molecular complexity index is 692. The molecule has 4 N–H and O–H groups in total. The van der Waals surface area contributed by atoms with Gasteiger partial charge in [-0.15, -0.1) is 0 Å². The van der Waals surface area contributed by atoms with E-state index in [0.29, 0.717) is 11.1 Å². The zero-order valence-corrected chi connectivity index (χ0v) is 12.0. The molecule has 7 nitrogen and oxygen atoms in total. The largest absolute Gasteiger partial charge is 0.508 e. The van der Waals surface area contributed by atoms with E-state index in [2.05, 4.69) is 0 Å². The monoisotopic (exact) mass is 307 g/mol. The number of benzene rings is 1. The first-order chi connectivity index (χ1) is 10.4. The van der Waals surface area contributed by atoms with Gasteiger partial charge < -0.3 is 25.2 Å². The summed E-state index contributed by atoms with van der Waals surface area (Å²) in [5.41, 5.74) is 0.796. The maximum atomic E-state index is 11.4. The van der Waals surface area contributed by atoms with Crippen molar-refractivity contribution in [3.05, 3.63) is 35.4 Å². The lowest BCUT2D eigenvalue weighted by Crippen LogP contribution is -2.12. The van der Waals surface area contributed by atoms with Crippen LogP contribution in [0.3, 0.4) is 0 Å². The molecule has 1 aromatic carbocycles. The van der Waals surface area contributed by atoms with Gasteiger partial charge in [0.1, 0.15) is 18.0 Å². The molecule has 0 saturated carbocycles. The van der Waals surface area contributed by atoms with Crippen molar-refractivity contribution in [2.75, 3.05) is 6.61 Å². The number of phenolic OH excluding ortho intramolecular Hbond substituents is 2. The second-order valence-electron chi connectivity index (χ2n) is 4.73. The average Bonchev–Trinajstić information content (AvgIpc) is 2.70. The molecule has 0 spiro atoms. The van der Waals surface area contributed by atoms with Crippen LogP contribution in [0.2, 0.25) is 0 Å². The number of ether oxygens (including phenoxy) is 1. The molecule has 22 heavy (non-hydrogen) atoms. The van der Waals surface area contributed by atoms with Gasteiger partial charge in [-0.25, -0.2) is 0 Å². The third-order valence-electron chi connectivity index (χ3n) is 3.17. The minimum atomic E-state index is -0.581. The van der Waals surface area contributed by atoms with Gasteiger partial charge in [-0.1, -0.05) is 6.07 Å². The van der Waals surface area contributed by atoms with Gasteiger partial charge in [-0.05, 0) is 18.6 Å². The van der Waals surface area contributed by atoms with Crippen molar-refractivity contribution in [1.82, 2.24) is 4.57 Å². The van der Waals surface area contributed by atoms with Crippen LogP contribution in [0.25, 0.3) is 0 Å². The number of carbonyl (C=O) groups excluding carboxylic acids is 1. The molecule has 0 aliphatic heterocycles. The molecule has 118 valence electrons. The molecule has 0 radical (unpaired) electrons. The highest BCUT2D eigenvalue weighted by Gasteiger charge is 2.18. The summed E-state index contributed by atoms with van der Waals surface area (Å²) >= 11 is 0. The van der Waals surface area contributed by atoms with Crippen molar-refractivity contribution in [2.45, 2.75) is 19.9 Å². The number of hydrogen-bond acceptors (Lipinski definition) is 6. The first-order valence-electron chi connectivity index (χ1n) is 6.69. The van der Waals surface area contributed by atoms with E-state index in [1.54, 1.807) is 6.92 Å². The highest BCUT2D eigenvalue weighted by atomic mass is 16.5. The second kappa shape index (κ2) is 6.30. The summed E-state index contributed by atoms with van der Waals surface area (Å²) in [4.78, 5) is 11.4. The Morgan fingerprint density at radius 3 is 2.50 bits per heavy atom. The molecule has 2 aromatic rings. The van der Waals surface area contributed by atoms with Crippen molar-refractivity contribution >= 4 is 5.97 Å². The molecule has 0 aliphatic carbocycles. The third kappa shape index (κ3) is 3.25. The predicted molar refractivity (Wildman–Crippen MR) is 77.0 cm³/mol. The smallest absolute Gasteiger partial charge is 0.326 e. The van der Waals surface area contributed by atoms with Crippen LogP contribution in [-0.2, 0) is 22.5 Å². The highest BCUT2D eigenvalue weighted by Crippen LogP contribution is 2.32. The van der Waals surface area contributed by atoms with Gasteiger partial charge >= 0.3 is 5.97 Å². The van der Waals surface area contributed by atoms with Gasteiger partial charge in [-0.3, -0.25) is 9.36 Å². The number of nitrogens with zero attached hydrogens (tertiary/aromatic N) is 1. The van der Waals surface area contributed by atoms with Crippen molar-refractivity contribution in [2.24, 2.45) is 0 Å². The van der Waals surface area contributed by atoms with Crippen LogP contribution < -0.4 is 0 Å². The minimum absolute atomic E-state index is 0.0757. The van der Waals surface area contributed by atoms with Crippen LogP contribution >= 0.6 is 0 Å². The van der Waals surface area contributed by atoms with E-state index in [1.807, 2.05) is 0 Å². The van der Waals surface area contributed by atoms with Crippen LogP contribution in [0.5, 0.6) is 23.3 Å². The maximum absolute atomic E-state index is 11.4. The summed E-state index contributed by atoms with van der Waals surface area (Å²) in [7, 11) is 0. The van der Waals surface area contributed by atoms with Crippen molar-refractivity contribution in [1.29, 1.82) is 0 Å². The number of aromatic hydroxyl groups is 4.